The third kappa shape index (κ3) is 1.67. The van der Waals surface area contributed by atoms with Crippen LogP contribution in [0.1, 0.15) is 31.2 Å². The highest BCUT2D eigenvalue weighted by Crippen LogP contribution is 2.31. The Hall–Kier alpha value is -1.22. The summed E-state index contributed by atoms with van der Waals surface area (Å²) in [7, 11) is 0. The summed E-state index contributed by atoms with van der Waals surface area (Å²) in [5, 5.41) is 3.68. The first-order chi connectivity index (χ1) is 7.43. The van der Waals surface area contributed by atoms with E-state index in [1.54, 1.807) is 6.33 Å². The Bertz CT molecular complexity index is 372. The van der Waals surface area contributed by atoms with Gasteiger partial charge in [-0.1, -0.05) is 6.08 Å². The van der Waals surface area contributed by atoms with Gasteiger partial charge < -0.3 is 5.32 Å². The van der Waals surface area contributed by atoms with Crippen LogP contribution >= 0.6 is 0 Å². The lowest BCUT2D eigenvalue weighted by molar-refractivity contribution is 0.559. The first kappa shape index (κ1) is 9.04. The summed E-state index contributed by atoms with van der Waals surface area (Å²) in [6.45, 7) is 0. The minimum absolute atomic E-state index is 0.531. The Kier molecular flexibility index (Phi) is 2.25. The molecular weight excluding hydrogens is 186 g/mol. The van der Waals surface area contributed by atoms with Crippen LogP contribution < -0.4 is 5.32 Å². The standard InChI is InChI=1S/C12H15N3/c1-2-10-4-5-12(15-10)11(3-1)9-6-13-8-14-7-9/h3,6-8,10,12,15H,1-2,4-5H2/t10?,12-/m1/s1. The van der Waals surface area contributed by atoms with E-state index in [0.717, 1.165) is 6.04 Å². The van der Waals surface area contributed by atoms with E-state index < -0.39 is 0 Å². The zero-order chi connectivity index (χ0) is 10.1. The maximum absolute atomic E-state index is 4.09. The van der Waals surface area contributed by atoms with Crippen molar-refractivity contribution in [3.05, 3.63) is 30.4 Å². The van der Waals surface area contributed by atoms with Crippen molar-refractivity contribution in [2.45, 2.75) is 37.8 Å². The minimum Gasteiger partial charge on any atom is -0.307 e. The molecule has 0 amide bonds. The van der Waals surface area contributed by atoms with Gasteiger partial charge in [-0.05, 0) is 31.3 Å². The second-order valence-corrected chi connectivity index (χ2v) is 4.36. The smallest absolute Gasteiger partial charge is 0.115 e. The molecule has 3 rings (SSSR count). The van der Waals surface area contributed by atoms with Crippen molar-refractivity contribution in [2.24, 2.45) is 0 Å². The quantitative estimate of drug-likeness (QED) is 0.752. The van der Waals surface area contributed by atoms with Gasteiger partial charge in [0.1, 0.15) is 6.33 Å². The van der Waals surface area contributed by atoms with Gasteiger partial charge in [0.25, 0.3) is 0 Å². The van der Waals surface area contributed by atoms with E-state index in [9.17, 15) is 0 Å². The fourth-order valence-corrected chi connectivity index (χ4v) is 2.64. The molecule has 1 unspecified atom stereocenters. The van der Waals surface area contributed by atoms with E-state index in [1.165, 1.54) is 36.8 Å². The third-order valence-electron chi connectivity index (χ3n) is 3.39. The van der Waals surface area contributed by atoms with Gasteiger partial charge in [0, 0.05) is 30.0 Å². The van der Waals surface area contributed by atoms with Crippen molar-refractivity contribution >= 4 is 5.57 Å². The van der Waals surface area contributed by atoms with E-state index in [2.05, 4.69) is 21.4 Å². The molecule has 0 aromatic carbocycles. The summed E-state index contributed by atoms with van der Waals surface area (Å²) in [5.74, 6) is 0. The number of nitrogens with one attached hydrogen (secondary N) is 1. The number of rotatable bonds is 1. The van der Waals surface area contributed by atoms with Gasteiger partial charge in [-0.2, -0.15) is 0 Å². The highest BCUT2D eigenvalue weighted by molar-refractivity contribution is 5.69. The molecule has 1 aromatic heterocycles. The van der Waals surface area contributed by atoms with Crippen LogP contribution in [0, 0.1) is 0 Å². The molecule has 15 heavy (non-hydrogen) atoms. The molecule has 2 aliphatic heterocycles. The third-order valence-corrected chi connectivity index (χ3v) is 3.39. The molecule has 3 heterocycles. The predicted molar refractivity (Wildman–Crippen MR) is 59.2 cm³/mol. The monoisotopic (exact) mass is 201 g/mol. The van der Waals surface area contributed by atoms with Crippen LogP contribution in [0.3, 0.4) is 0 Å². The molecule has 0 saturated carbocycles. The summed E-state index contributed by atoms with van der Waals surface area (Å²) in [5.41, 5.74) is 2.58. The van der Waals surface area contributed by atoms with E-state index in [1.807, 2.05) is 12.4 Å². The van der Waals surface area contributed by atoms with Gasteiger partial charge >= 0.3 is 0 Å². The molecule has 2 bridgehead atoms. The van der Waals surface area contributed by atoms with Crippen molar-refractivity contribution in [3.63, 3.8) is 0 Å². The van der Waals surface area contributed by atoms with Crippen LogP contribution in [0.15, 0.2) is 24.8 Å². The van der Waals surface area contributed by atoms with Crippen LogP contribution in [-0.2, 0) is 0 Å². The maximum Gasteiger partial charge on any atom is 0.115 e. The second-order valence-electron chi connectivity index (χ2n) is 4.36. The average molecular weight is 201 g/mol. The lowest BCUT2D eigenvalue weighted by atomic mass is 9.96. The lowest BCUT2D eigenvalue weighted by Crippen LogP contribution is -2.28. The van der Waals surface area contributed by atoms with Crippen LogP contribution in [0.4, 0.5) is 0 Å². The zero-order valence-electron chi connectivity index (χ0n) is 8.69. The summed E-state index contributed by atoms with van der Waals surface area (Å²) in [6, 6.07) is 1.26. The average Bonchev–Trinajstić information content (AvgIpc) is 2.61. The highest BCUT2D eigenvalue weighted by Gasteiger charge is 2.28. The summed E-state index contributed by atoms with van der Waals surface area (Å²) in [4.78, 5) is 8.19. The fraction of sp³-hybridized carbons (Fsp3) is 0.500. The van der Waals surface area contributed by atoms with E-state index in [4.69, 9.17) is 0 Å². The molecule has 2 aliphatic rings. The molecule has 1 N–H and O–H groups in total. The number of fused-ring (bicyclic) bond motifs is 2. The molecule has 0 aliphatic carbocycles. The molecule has 2 atom stereocenters. The Morgan fingerprint density at radius 3 is 2.87 bits per heavy atom. The molecular formula is C12H15N3. The first-order valence-electron chi connectivity index (χ1n) is 5.65. The molecule has 3 nitrogen and oxygen atoms in total. The summed E-state index contributed by atoms with van der Waals surface area (Å²) in [6.07, 6.45) is 12.8. The molecule has 0 radical (unpaired) electrons. The molecule has 0 spiro atoms. The summed E-state index contributed by atoms with van der Waals surface area (Å²) >= 11 is 0. The van der Waals surface area contributed by atoms with Crippen LogP contribution in [-0.4, -0.2) is 22.1 Å². The van der Waals surface area contributed by atoms with Gasteiger partial charge in [0.2, 0.25) is 0 Å². The van der Waals surface area contributed by atoms with Gasteiger partial charge in [-0.25, -0.2) is 9.97 Å². The maximum atomic E-state index is 4.09. The largest absolute Gasteiger partial charge is 0.307 e. The van der Waals surface area contributed by atoms with Gasteiger partial charge in [0.05, 0.1) is 0 Å². The van der Waals surface area contributed by atoms with Crippen molar-refractivity contribution < 1.29 is 0 Å². The second kappa shape index (κ2) is 3.74. The predicted octanol–water partition coefficient (Wildman–Crippen LogP) is 1.77. The number of allylic oxidation sites excluding steroid dienone is 1. The van der Waals surface area contributed by atoms with E-state index >= 15 is 0 Å². The van der Waals surface area contributed by atoms with Crippen molar-refractivity contribution in [2.75, 3.05) is 0 Å². The Morgan fingerprint density at radius 2 is 2.00 bits per heavy atom. The fourth-order valence-electron chi connectivity index (χ4n) is 2.64. The lowest BCUT2D eigenvalue weighted by Gasteiger charge is -2.14. The highest BCUT2D eigenvalue weighted by atomic mass is 15.0. The van der Waals surface area contributed by atoms with Crippen molar-refractivity contribution in [1.29, 1.82) is 0 Å². The summed E-state index contributed by atoms with van der Waals surface area (Å²) < 4.78 is 0. The van der Waals surface area contributed by atoms with Gasteiger partial charge in [0.15, 0.2) is 0 Å². The van der Waals surface area contributed by atoms with E-state index in [0.29, 0.717) is 6.04 Å². The molecule has 1 saturated heterocycles. The topological polar surface area (TPSA) is 37.8 Å². The number of nitrogens with zero attached hydrogens (tertiary/aromatic N) is 2. The normalized spacial score (nSPS) is 29.7. The van der Waals surface area contributed by atoms with Crippen molar-refractivity contribution in [1.82, 2.24) is 15.3 Å². The van der Waals surface area contributed by atoms with E-state index in [-0.39, 0.29) is 0 Å². The molecule has 1 fully saturated rings. The van der Waals surface area contributed by atoms with Crippen LogP contribution in [0.5, 0.6) is 0 Å². The number of hydrogen-bond donors (Lipinski definition) is 1. The molecule has 78 valence electrons. The van der Waals surface area contributed by atoms with Crippen LogP contribution in [0.2, 0.25) is 0 Å². The Labute approximate surface area is 89.6 Å². The minimum atomic E-state index is 0.531. The van der Waals surface area contributed by atoms with Gasteiger partial charge in [-0.3, -0.25) is 0 Å². The number of aromatic nitrogens is 2. The molecule has 1 aromatic rings. The Balaban J connectivity index is 1.94. The zero-order valence-corrected chi connectivity index (χ0v) is 8.69. The number of hydrogen-bond acceptors (Lipinski definition) is 3. The SMILES string of the molecule is C1=C(c2cncnc2)[C@H]2CCC(CC1)N2. The van der Waals surface area contributed by atoms with Gasteiger partial charge in [-0.15, -0.1) is 0 Å². The van der Waals surface area contributed by atoms with Crippen molar-refractivity contribution in [3.8, 4) is 0 Å². The first-order valence-corrected chi connectivity index (χ1v) is 5.65. The van der Waals surface area contributed by atoms with Crippen LogP contribution in [0.25, 0.3) is 5.57 Å². The Morgan fingerprint density at radius 1 is 1.13 bits per heavy atom. The molecule has 3 heteroatoms.